The number of morpholine rings is 1. The van der Waals surface area contributed by atoms with E-state index in [0.717, 1.165) is 62.3 Å². The number of nitrogens with one attached hydrogen (secondary N) is 2. The van der Waals surface area contributed by atoms with Crippen LogP contribution in [0.4, 0.5) is 17.5 Å². The second-order valence-corrected chi connectivity index (χ2v) is 5.96. The number of ether oxygens (including phenoxy) is 2. The molecule has 1 aromatic heterocycles. The average molecular weight is 343 g/mol. The number of aromatic nitrogens is 2. The minimum Gasteiger partial charge on any atom is -0.497 e. The van der Waals surface area contributed by atoms with Crippen LogP contribution in [0.15, 0.2) is 30.3 Å². The molecule has 2 aromatic rings. The normalized spacial score (nSPS) is 15.0. The number of methoxy groups -OCH3 is 1. The van der Waals surface area contributed by atoms with Crippen molar-refractivity contribution in [1.82, 2.24) is 14.9 Å². The molecule has 25 heavy (non-hydrogen) atoms. The van der Waals surface area contributed by atoms with E-state index in [1.54, 1.807) is 7.11 Å². The molecule has 0 unspecified atom stereocenters. The average Bonchev–Trinajstić information content (AvgIpc) is 2.62. The van der Waals surface area contributed by atoms with Crippen molar-refractivity contribution >= 4 is 17.5 Å². The third-order valence-corrected chi connectivity index (χ3v) is 4.01. The Bertz CT molecular complexity index is 689. The van der Waals surface area contributed by atoms with Crippen molar-refractivity contribution in [3.05, 3.63) is 36.0 Å². The molecule has 3 rings (SSSR count). The summed E-state index contributed by atoms with van der Waals surface area (Å²) in [6.07, 6.45) is 0. The first-order valence-electron chi connectivity index (χ1n) is 8.54. The molecule has 1 saturated heterocycles. The van der Waals surface area contributed by atoms with Gasteiger partial charge in [-0.15, -0.1) is 0 Å². The van der Waals surface area contributed by atoms with E-state index in [0.29, 0.717) is 5.95 Å². The van der Waals surface area contributed by atoms with Crippen LogP contribution in [0.1, 0.15) is 5.69 Å². The van der Waals surface area contributed by atoms with E-state index in [1.165, 1.54) is 0 Å². The van der Waals surface area contributed by atoms with E-state index in [2.05, 4.69) is 25.5 Å². The van der Waals surface area contributed by atoms with Crippen molar-refractivity contribution in [3.63, 3.8) is 0 Å². The fraction of sp³-hybridized carbons (Fsp3) is 0.444. The summed E-state index contributed by atoms with van der Waals surface area (Å²) in [5.41, 5.74) is 1.84. The molecule has 134 valence electrons. The second-order valence-electron chi connectivity index (χ2n) is 5.96. The Kier molecular flexibility index (Phi) is 6.03. The molecule has 0 spiro atoms. The van der Waals surface area contributed by atoms with Crippen molar-refractivity contribution in [3.8, 4) is 5.75 Å². The number of benzene rings is 1. The monoisotopic (exact) mass is 343 g/mol. The van der Waals surface area contributed by atoms with E-state index in [4.69, 9.17) is 9.47 Å². The van der Waals surface area contributed by atoms with Gasteiger partial charge in [0, 0.05) is 49.7 Å². The van der Waals surface area contributed by atoms with Crippen molar-refractivity contribution in [2.75, 3.05) is 57.1 Å². The van der Waals surface area contributed by atoms with Crippen LogP contribution in [0.5, 0.6) is 5.75 Å². The number of aryl methyl sites for hydroxylation is 1. The lowest BCUT2D eigenvalue weighted by Crippen LogP contribution is -2.39. The van der Waals surface area contributed by atoms with E-state index in [1.807, 2.05) is 37.3 Å². The van der Waals surface area contributed by atoms with Crippen molar-refractivity contribution < 1.29 is 9.47 Å². The SMILES string of the molecule is COc1cccc(Nc2cc(C)nc(NCCN3CCOCC3)n2)c1. The number of anilines is 3. The Hall–Kier alpha value is -2.38. The van der Waals surface area contributed by atoms with Crippen LogP contribution >= 0.6 is 0 Å². The van der Waals surface area contributed by atoms with Crippen molar-refractivity contribution in [2.45, 2.75) is 6.92 Å². The highest BCUT2D eigenvalue weighted by Gasteiger charge is 2.10. The highest BCUT2D eigenvalue weighted by molar-refractivity contribution is 5.59. The molecular formula is C18H25N5O2. The fourth-order valence-corrected chi connectivity index (χ4v) is 2.71. The number of hydrogen-bond acceptors (Lipinski definition) is 7. The van der Waals surface area contributed by atoms with E-state index in [9.17, 15) is 0 Å². The zero-order valence-corrected chi connectivity index (χ0v) is 14.8. The van der Waals surface area contributed by atoms with E-state index in [-0.39, 0.29) is 0 Å². The second kappa shape index (κ2) is 8.64. The highest BCUT2D eigenvalue weighted by Crippen LogP contribution is 2.21. The van der Waals surface area contributed by atoms with E-state index < -0.39 is 0 Å². The van der Waals surface area contributed by atoms with Crippen LogP contribution in [0.3, 0.4) is 0 Å². The quantitative estimate of drug-likeness (QED) is 0.799. The molecule has 1 aliphatic heterocycles. The highest BCUT2D eigenvalue weighted by atomic mass is 16.5. The van der Waals surface area contributed by atoms with Gasteiger partial charge >= 0.3 is 0 Å². The summed E-state index contributed by atoms with van der Waals surface area (Å²) in [7, 11) is 1.66. The molecular weight excluding hydrogens is 318 g/mol. The molecule has 1 fully saturated rings. The predicted octanol–water partition coefficient (Wildman–Crippen LogP) is 2.28. The molecule has 2 heterocycles. The maximum atomic E-state index is 5.36. The zero-order chi connectivity index (χ0) is 17.5. The first-order chi connectivity index (χ1) is 12.2. The van der Waals surface area contributed by atoms with Gasteiger partial charge in [-0.1, -0.05) is 6.07 Å². The molecule has 0 aliphatic carbocycles. The molecule has 1 aliphatic rings. The maximum absolute atomic E-state index is 5.36. The van der Waals surface area contributed by atoms with Gasteiger partial charge in [-0.25, -0.2) is 4.98 Å². The van der Waals surface area contributed by atoms with Gasteiger partial charge in [-0.05, 0) is 19.1 Å². The maximum Gasteiger partial charge on any atom is 0.224 e. The largest absolute Gasteiger partial charge is 0.497 e. The van der Waals surface area contributed by atoms with Gasteiger partial charge in [0.25, 0.3) is 0 Å². The summed E-state index contributed by atoms with van der Waals surface area (Å²) >= 11 is 0. The Morgan fingerprint density at radius 1 is 1.20 bits per heavy atom. The van der Waals surface area contributed by atoms with Gasteiger partial charge in [0.2, 0.25) is 5.95 Å². The van der Waals surface area contributed by atoms with E-state index >= 15 is 0 Å². The van der Waals surface area contributed by atoms with Crippen LogP contribution in [-0.4, -0.2) is 61.4 Å². The topological polar surface area (TPSA) is 71.5 Å². The van der Waals surface area contributed by atoms with Gasteiger partial charge in [-0.2, -0.15) is 4.98 Å². The van der Waals surface area contributed by atoms with Gasteiger partial charge < -0.3 is 20.1 Å². The lowest BCUT2D eigenvalue weighted by molar-refractivity contribution is 0.0398. The molecule has 0 saturated carbocycles. The third-order valence-electron chi connectivity index (χ3n) is 4.01. The summed E-state index contributed by atoms with van der Waals surface area (Å²) in [4.78, 5) is 11.4. The predicted molar refractivity (Wildman–Crippen MR) is 98.8 cm³/mol. The summed E-state index contributed by atoms with van der Waals surface area (Å²) in [6, 6.07) is 9.69. The van der Waals surface area contributed by atoms with Crippen molar-refractivity contribution in [1.29, 1.82) is 0 Å². The fourth-order valence-electron chi connectivity index (χ4n) is 2.71. The first-order valence-corrected chi connectivity index (χ1v) is 8.54. The van der Waals surface area contributed by atoms with Crippen LogP contribution < -0.4 is 15.4 Å². The van der Waals surface area contributed by atoms with Crippen LogP contribution in [-0.2, 0) is 4.74 Å². The van der Waals surface area contributed by atoms with Gasteiger partial charge in [0.05, 0.1) is 20.3 Å². The zero-order valence-electron chi connectivity index (χ0n) is 14.8. The standard InChI is InChI=1S/C18H25N5O2/c1-14-12-17(21-15-4-3-5-16(13-15)24-2)22-18(20-14)19-6-7-23-8-10-25-11-9-23/h3-5,12-13H,6-11H2,1-2H3,(H2,19,20,21,22). The molecule has 0 amide bonds. The minimum atomic E-state index is 0.638. The molecule has 7 heteroatoms. The van der Waals surface area contributed by atoms with Crippen LogP contribution in [0, 0.1) is 6.92 Å². The minimum absolute atomic E-state index is 0.638. The number of rotatable bonds is 7. The molecule has 2 N–H and O–H groups in total. The lowest BCUT2D eigenvalue weighted by atomic mass is 10.3. The molecule has 1 aromatic carbocycles. The Morgan fingerprint density at radius 3 is 2.84 bits per heavy atom. The number of hydrogen-bond donors (Lipinski definition) is 2. The first kappa shape index (κ1) is 17.4. The summed E-state index contributed by atoms with van der Waals surface area (Å²) in [5, 5.41) is 6.61. The lowest BCUT2D eigenvalue weighted by Gasteiger charge is -2.26. The summed E-state index contributed by atoms with van der Waals surface area (Å²) < 4.78 is 10.6. The Labute approximate surface area is 148 Å². The van der Waals surface area contributed by atoms with Crippen LogP contribution in [0.2, 0.25) is 0 Å². The summed E-state index contributed by atoms with van der Waals surface area (Å²) in [5.74, 6) is 2.20. The third kappa shape index (κ3) is 5.30. The molecule has 0 atom stereocenters. The van der Waals surface area contributed by atoms with Crippen LogP contribution in [0.25, 0.3) is 0 Å². The van der Waals surface area contributed by atoms with Crippen molar-refractivity contribution in [2.24, 2.45) is 0 Å². The smallest absolute Gasteiger partial charge is 0.224 e. The van der Waals surface area contributed by atoms with Gasteiger partial charge in [-0.3, -0.25) is 4.90 Å². The number of nitrogens with zero attached hydrogens (tertiary/aromatic N) is 3. The Balaban J connectivity index is 1.59. The Morgan fingerprint density at radius 2 is 2.04 bits per heavy atom. The van der Waals surface area contributed by atoms with Gasteiger partial charge in [0.15, 0.2) is 0 Å². The van der Waals surface area contributed by atoms with Gasteiger partial charge in [0.1, 0.15) is 11.6 Å². The summed E-state index contributed by atoms with van der Waals surface area (Å²) in [6.45, 7) is 7.33. The molecule has 7 nitrogen and oxygen atoms in total. The molecule has 0 radical (unpaired) electrons. The molecule has 0 bridgehead atoms.